The first-order chi connectivity index (χ1) is 11.6. The van der Waals surface area contributed by atoms with Crippen LogP contribution in [0.4, 0.5) is 5.13 Å². The van der Waals surface area contributed by atoms with Crippen molar-refractivity contribution < 1.29 is 19.1 Å². The number of nitrogens with zero attached hydrogens (tertiary/aromatic N) is 1. The minimum atomic E-state index is -0.429. The number of hydrogen-bond donors (Lipinski definition) is 1. The summed E-state index contributed by atoms with van der Waals surface area (Å²) in [5, 5.41) is 4.98. The number of benzene rings is 1. The van der Waals surface area contributed by atoms with Crippen LogP contribution in [0.2, 0.25) is 0 Å². The second-order valence-corrected chi connectivity index (χ2v) is 6.88. The molecular weight excluding hydrogens is 348 g/mol. The van der Waals surface area contributed by atoms with Crippen molar-refractivity contribution in [3.8, 4) is 5.75 Å². The lowest BCUT2D eigenvalue weighted by Crippen LogP contribution is -2.21. The number of hydrogen-bond acceptors (Lipinski definition) is 7. The maximum Gasteiger partial charge on any atom is 0.311 e. The number of amides is 1. The highest BCUT2D eigenvalue weighted by Crippen LogP contribution is 2.29. The van der Waals surface area contributed by atoms with Crippen LogP contribution in [-0.4, -0.2) is 30.6 Å². The number of rotatable bonds is 6. The highest BCUT2D eigenvalue weighted by molar-refractivity contribution is 7.22. The molecule has 2 heterocycles. The number of carbonyl (C=O) groups is 2. The number of carbonyl (C=O) groups excluding carboxylic acids is 2. The molecular formula is C16H14N2O4S2. The average molecular weight is 362 g/mol. The number of aromatic nitrogens is 1. The van der Waals surface area contributed by atoms with Crippen LogP contribution in [0.1, 0.15) is 4.88 Å². The largest absolute Gasteiger partial charge is 0.497 e. The molecule has 8 heteroatoms. The molecule has 0 aliphatic carbocycles. The molecule has 2 aromatic heterocycles. The van der Waals surface area contributed by atoms with Gasteiger partial charge < -0.3 is 9.47 Å². The number of fused-ring (bicyclic) bond motifs is 1. The predicted molar refractivity (Wildman–Crippen MR) is 93.8 cm³/mol. The fourth-order valence-corrected chi connectivity index (χ4v) is 3.59. The maximum absolute atomic E-state index is 11.9. The summed E-state index contributed by atoms with van der Waals surface area (Å²) in [7, 11) is 1.59. The Hall–Kier alpha value is -2.45. The van der Waals surface area contributed by atoms with Crippen molar-refractivity contribution in [2.45, 2.75) is 6.42 Å². The molecule has 0 saturated heterocycles. The van der Waals surface area contributed by atoms with Crippen molar-refractivity contribution in [3.05, 3.63) is 40.6 Å². The third-order valence-corrected chi connectivity index (χ3v) is 4.91. The first-order valence-electron chi connectivity index (χ1n) is 7.06. The van der Waals surface area contributed by atoms with Crippen molar-refractivity contribution in [3.63, 3.8) is 0 Å². The summed E-state index contributed by atoms with van der Waals surface area (Å²) in [4.78, 5) is 28.7. The van der Waals surface area contributed by atoms with Gasteiger partial charge in [-0.3, -0.25) is 14.9 Å². The molecule has 1 aromatic carbocycles. The Balaban J connectivity index is 1.53. The Morgan fingerprint density at radius 3 is 2.92 bits per heavy atom. The molecule has 0 aliphatic heterocycles. The predicted octanol–water partition coefficient (Wildman–Crippen LogP) is 3.09. The zero-order valence-corrected chi connectivity index (χ0v) is 14.4. The second kappa shape index (κ2) is 7.41. The van der Waals surface area contributed by atoms with E-state index in [1.807, 2.05) is 29.6 Å². The Morgan fingerprint density at radius 1 is 1.29 bits per heavy atom. The lowest BCUT2D eigenvalue weighted by atomic mass is 10.3. The number of methoxy groups -OCH3 is 1. The van der Waals surface area contributed by atoms with E-state index in [-0.39, 0.29) is 13.0 Å². The Kier molecular flexibility index (Phi) is 5.07. The molecule has 0 aliphatic rings. The molecule has 0 spiro atoms. The Bertz CT molecular complexity index is 858. The van der Waals surface area contributed by atoms with E-state index < -0.39 is 11.9 Å². The van der Waals surface area contributed by atoms with Gasteiger partial charge in [0, 0.05) is 4.88 Å². The number of nitrogens with one attached hydrogen (secondary N) is 1. The molecule has 0 unspecified atom stereocenters. The van der Waals surface area contributed by atoms with Gasteiger partial charge in [-0.05, 0) is 29.6 Å². The standard InChI is InChI=1S/C16H14N2O4S2/c1-21-10-4-5-12-13(7-10)24-16(17-12)18-14(19)9-22-15(20)8-11-3-2-6-23-11/h2-7H,8-9H2,1H3,(H,17,18,19). The molecule has 0 atom stereocenters. The molecule has 3 rings (SSSR count). The zero-order chi connectivity index (χ0) is 16.9. The van der Waals surface area contributed by atoms with Gasteiger partial charge in [0.15, 0.2) is 11.7 Å². The lowest BCUT2D eigenvalue weighted by Gasteiger charge is -2.03. The van der Waals surface area contributed by atoms with E-state index in [9.17, 15) is 9.59 Å². The van der Waals surface area contributed by atoms with Crippen molar-refractivity contribution in [2.24, 2.45) is 0 Å². The monoisotopic (exact) mass is 362 g/mol. The fourth-order valence-electron chi connectivity index (χ4n) is 1.99. The van der Waals surface area contributed by atoms with E-state index in [2.05, 4.69) is 10.3 Å². The first-order valence-corrected chi connectivity index (χ1v) is 8.76. The third-order valence-electron chi connectivity index (χ3n) is 3.10. The van der Waals surface area contributed by atoms with Crippen LogP contribution in [0.25, 0.3) is 10.2 Å². The quantitative estimate of drug-likeness (QED) is 0.682. The Morgan fingerprint density at radius 2 is 2.17 bits per heavy atom. The summed E-state index contributed by atoms with van der Waals surface area (Å²) in [5.74, 6) is -0.117. The molecule has 1 N–H and O–H groups in total. The van der Waals surface area contributed by atoms with E-state index in [0.29, 0.717) is 5.13 Å². The maximum atomic E-state index is 11.9. The van der Waals surface area contributed by atoms with Gasteiger partial charge in [-0.25, -0.2) is 4.98 Å². The van der Waals surface area contributed by atoms with Crippen LogP contribution in [0.15, 0.2) is 35.7 Å². The van der Waals surface area contributed by atoms with Crippen LogP contribution in [0, 0.1) is 0 Å². The van der Waals surface area contributed by atoms with Gasteiger partial charge in [-0.15, -0.1) is 11.3 Å². The number of thiazole rings is 1. The number of anilines is 1. The van der Waals surface area contributed by atoms with Gasteiger partial charge in [0.25, 0.3) is 5.91 Å². The van der Waals surface area contributed by atoms with Crippen LogP contribution >= 0.6 is 22.7 Å². The van der Waals surface area contributed by atoms with Crippen molar-refractivity contribution in [1.82, 2.24) is 4.98 Å². The highest BCUT2D eigenvalue weighted by atomic mass is 32.1. The summed E-state index contributed by atoms with van der Waals surface area (Å²) in [6.07, 6.45) is 0.172. The molecule has 1 amide bonds. The first kappa shape index (κ1) is 16.4. The minimum absolute atomic E-state index is 0.172. The van der Waals surface area contributed by atoms with E-state index in [1.54, 1.807) is 13.2 Å². The van der Waals surface area contributed by atoms with E-state index >= 15 is 0 Å². The molecule has 3 aromatic rings. The SMILES string of the molecule is COc1ccc2nc(NC(=O)COC(=O)Cc3cccs3)sc2c1. The average Bonchev–Trinajstić information content (AvgIpc) is 3.21. The van der Waals surface area contributed by atoms with Gasteiger partial charge in [0.05, 0.1) is 23.7 Å². The lowest BCUT2D eigenvalue weighted by molar-refractivity contribution is -0.146. The molecule has 0 saturated carbocycles. The van der Waals surface area contributed by atoms with Gasteiger partial charge >= 0.3 is 5.97 Å². The summed E-state index contributed by atoms with van der Waals surface area (Å²) in [5.41, 5.74) is 0.769. The third kappa shape index (κ3) is 4.09. The molecule has 0 fully saturated rings. The van der Waals surface area contributed by atoms with Crippen LogP contribution in [-0.2, 0) is 20.7 Å². The summed E-state index contributed by atoms with van der Waals surface area (Å²) in [6.45, 7) is -0.330. The fraction of sp³-hybridized carbons (Fsp3) is 0.188. The van der Waals surface area contributed by atoms with E-state index in [0.717, 1.165) is 20.8 Å². The second-order valence-electron chi connectivity index (χ2n) is 4.82. The number of esters is 1. The van der Waals surface area contributed by atoms with Crippen LogP contribution in [0.3, 0.4) is 0 Å². The Labute approximate surface area is 146 Å². The van der Waals surface area contributed by atoms with Crippen LogP contribution in [0.5, 0.6) is 5.75 Å². The van der Waals surface area contributed by atoms with E-state index in [1.165, 1.54) is 22.7 Å². The van der Waals surface area contributed by atoms with Gasteiger partial charge in [-0.1, -0.05) is 17.4 Å². The van der Waals surface area contributed by atoms with Gasteiger partial charge in [0.1, 0.15) is 5.75 Å². The van der Waals surface area contributed by atoms with E-state index in [4.69, 9.17) is 9.47 Å². The van der Waals surface area contributed by atoms with Crippen molar-refractivity contribution in [1.29, 1.82) is 0 Å². The molecule has 124 valence electrons. The van der Waals surface area contributed by atoms with Crippen molar-refractivity contribution in [2.75, 3.05) is 19.0 Å². The van der Waals surface area contributed by atoms with Crippen molar-refractivity contribution >= 4 is 49.9 Å². The molecule has 6 nitrogen and oxygen atoms in total. The summed E-state index contributed by atoms with van der Waals surface area (Å²) in [6, 6.07) is 9.19. The zero-order valence-electron chi connectivity index (χ0n) is 12.8. The van der Waals surface area contributed by atoms with Gasteiger partial charge in [-0.2, -0.15) is 0 Å². The van der Waals surface area contributed by atoms with Crippen LogP contribution < -0.4 is 10.1 Å². The molecule has 0 radical (unpaired) electrons. The number of ether oxygens (including phenoxy) is 2. The topological polar surface area (TPSA) is 77.5 Å². The minimum Gasteiger partial charge on any atom is -0.497 e. The molecule has 24 heavy (non-hydrogen) atoms. The normalized spacial score (nSPS) is 10.5. The molecule has 0 bridgehead atoms. The highest BCUT2D eigenvalue weighted by Gasteiger charge is 2.12. The summed E-state index contributed by atoms with van der Waals surface area (Å²) >= 11 is 2.80. The number of thiophene rings is 1. The summed E-state index contributed by atoms with van der Waals surface area (Å²) < 4.78 is 11.0. The van der Waals surface area contributed by atoms with Gasteiger partial charge in [0.2, 0.25) is 0 Å². The smallest absolute Gasteiger partial charge is 0.311 e.